The summed E-state index contributed by atoms with van der Waals surface area (Å²) >= 11 is 0. The SMILES string of the molecule is O=C(NOCC1CC1)C(=O)[C@@H](Cc1ccccc1)NC(=O)c1cccnc1-n1ccc(-c2ccccc2)n1. The normalized spacial score (nSPS) is 13.5. The highest BCUT2D eigenvalue weighted by Gasteiger charge is 2.30. The molecule has 2 heterocycles. The average molecular weight is 510 g/mol. The summed E-state index contributed by atoms with van der Waals surface area (Å²) in [5.74, 6) is -1.54. The monoisotopic (exact) mass is 509 g/mol. The van der Waals surface area contributed by atoms with Gasteiger partial charge in [-0.1, -0.05) is 60.7 Å². The quantitative estimate of drug-likeness (QED) is 0.237. The van der Waals surface area contributed by atoms with Gasteiger partial charge < -0.3 is 5.32 Å². The first-order chi connectivity index (χ1) is 18.6. The van der Waals surface area contributed by atoms with Crippen LogP contribution in [0.25, 0.3) is 17.1 Å². The van der Waals surface area contributed by atoms with Crippen LogP contribution in [0.2, 0.25) is 0 Å². The molecule has 2 amide bonds. The van der Waals surface area contributed by atoms with E-state index in [0.29, 0.717) is 18.3 Å². The van der Waals surface area contributed by atoms with Gasteiger partial charge in [0.15, 0.2) is 5.82 Å². The number of hydrogen-bond donors (Lipinski definition) is 2. The fourth-order valence-electron chi connectivity index (χ4n) is 3.97. The Morgan fingerprint density at radius 1 is 0.947 bits per heavy atom. The number of carbonyl (C=O) groups excluding carboxylic acids is 3. The van der Waals surface area contributed by atoms with Crippen molar-refractivity contribution < 1.29 is 19.2 Å². The maximum atomic E-state index is 13.4. The largest absolute Gasteiger partial charge is 0.341 e. The zero-order valence-electron chi connectivity index (χ0n) is 20.6. The summed E-state index contributed by atoms with van der Waals surface area (Å²) in [5, 5.41) is 7.32. The van der Waals surface area contributed by atoms with Crippen LogP contribution in [0.3, 0.4) is 0 Å². The zero-order valence-corrected chi connectivity index (χ0v) is 20.6. The maximum absolute atomic E-state index is 13.4. The van der Waals surface area contributed by atoms with Crippen LogP contribution in [0.4, 0.5) is 0 Å². The number of rotatable bonds is 11. The first kappa shape index (κ1) is 25.0. The van der Waals surface area contributed by atoms with E-state index in [2.05, 4.69) is 20.9 Å². The van der Waals surface area contributed by atoms with Gasteiger partial charge in [0.25, 0.3) is 5.91 Å². The van der Waals surface area contributed by atoms with Crippen molar-refractivity contribution in [2.24, 2.45) is 5.92 Å². The maximum Gasteiger partial charge on any atom is 0.313 e. The molecule has 1 fully saturated rings. The lowest BCUT2D eigenvalue weighted by Crippen LogP contribution is -2.49. The highest BCUT2D eigenvalue weighted by molar-refractivity contribution is 6.38. The van der Waals surface area contributed by atoms with Crippen LogP contribution in [0.15, 0.2) is 91.3 Å². The Labute approximate surface area is 219 Å². The molecule has 0 unspecified atom stereocenters. The van der Waals surface area contributed by atoms with Crippen molar-refractivity contribution in [2.45, 2.75) is 25.3 Å². The number of nitrogens with zero attached hydrogens (tertiary/aromatic N) is 3. The molecular formula is C29H27N5O4. The molecule has 2 aromatic heterocycles. The van der Waals surface area contributed by atoms with Crippen molar-refractivity contribution in [3.05, 3.63) is 102 Å². The summed E-state index contributed by atoms with van der Waals surface area (Å²) in [4.78, 5) is 48.6. The molecule has 0 spiro atoms. The third kappa shape index (κ3) is 6.19. The van der Waals surface area contributed by atoms with Crippen molar-refractivity contribution in [3.8, 4) is 17.1 Å². The molecule has 5 rings (SSSR count). The Morgan fingerprint density at radius 3 is 2.42 bits per heavy atom. The van der Waals surface area contributed by atoms with Crippen LogP contribution >= 0.6 is 0 Å². The number of amides is 2. The number of nitrogens with one attached hydrogen (secondary N) is 2. The molecule has 2 aromatic carbocycles. The van der Waals surface area contributed by atoms with Crippen LogP contribution in [-0.4, -0.2) is 45.0 Å². The Balaban J connectivity index is 1.36. The number of carbonyl (C=O) groups is 3. The number of pyridine rings is 1. The minimum absolute atomic E-state index is 0.136. The predicted octanol–water partition coefficient (Wildman–Crippen LogP) is 3.30. The molecule has 9 nitrogen and oxygen atoms in total. The van der Waals surface area contributed by atoms with E-state index in [1.165, 1.54) is 4.68 Å². The number of hydrogen-bond acceptors (Lipinski definition) is 6. The predicted molar refractivity (Wildman–Crippen MR) is 140 cm³/mol. The van der Waals surface area contributed by atoms with E-state index in [-0.39, 0.29) is 12.0 Å². The number of Topliss-reactive ketones (excluding diaryl/α,β-unsaturated/α-hetero) is 1. The number of aromatic nitrogens is 3. The second-order valence-electron chi connectivity index (χ2n) is 9.15. The van der Waals surface area contributed by atoms with Crippen molar-refractivity contribution in [1.29, 1.82) is 0 Å². The molecule has 4 aromatic rings. The summed E-state index contributed by atoms with van der Waals surface area (Å²) in [6.07, 6.45) is 5.52. The first-order valence-corrected chi connectivity index (χ1v) is 12.5. The van der Waals surface area contributed by atoms with E-state index in [1.807, 2.05) is 66.7 Å². The van der Waals surface area contributed by atoms with Crippen LogP contribution in [0.5, 0.6) is 0 Å². The molecule has 0 aliphatic heterocycles. The van der Waals surface area contributed by atoms with Gasteiger partial charge in [0, 0.05) is 24.4 Å². The second kappa shape index (κ2) is 11.6. The fourth-order valence-corrected chi connectivity index (χ4v) is 3.97. The molecule has 1 aliphatic rings. The molecule has 1 aliphatic carbocycles. The smallest absolute Gasteiger partial charge is 0.313 e. The van der Waals surface area contributed by atoms with E-state index in [0.717, 1.165) is 29.7 Å². The summed E-state index contributed by atoms with van der Waals surface area (Å²) in [6, 6.07) is 22.8. The van der Waals surface area contributed by atoms with Crippen LogP contribution in [0, 0.1) is 5.92 Å². The van der Waals surface area contributed by atoms with Crippen molar-refractivity contribution in [2.75, 3.05) is 6.61 Å². The molecule has 1 atom stereocenters. The lowest BCUT2D eigenvalue weighted by Gasteiger charge is -2.18. The summed E-state index contributed by atoms with van der Waals surface area (Å²) in [5.41, 5.74) is 4.88. The van der Waals surface area contributed by atoms with Gasteiger partial charge in [0.05, 0.1) is 17.9 Å². The number of hydroxylamine groups is 1. The molecule has 9 heteroatoms. The van der Waals surface area contributed by atoms with E-state index in [4.69, 9.17) is 4.84 Å². The van der Waals surface area contributed by atoms with Crippen LogP contribution in [-0.2, 0) is 20.8 Å². The molecule has 0 radical (unpaired) electrons. The van der Waals surface area contributed by atoms with E-state index >= 15 is 0 Å². The topological polar surface area (TPSA) is 115 Å². The van der Waals surface area contributed by atoms with Crippen LogP contribution in [0.1, 0.15) is 28.8 Å². The third-order valence-corrected chi connectivity index (χ3v) is 6.22. The average Bonchev–Trinajstić information content (AvgIpc) is 3.65. The Morgan fingerprint density at radius 2 is 1.68 bits per heavy atom. The molecule has 0 saturated heterocycles. The Bertz CT molecular complexity index is 1420. The minimum atomic E-state index is -1.11. The Kier molecular flexibility index (Phi) is 7.65. The summed E-state index contributed by atoms with van der Waals surface area (Å²) < 4.78 is 1.52. The number of ketones is 1. The van der Waals surface area contributed by atoms with Gasteiger partial charge in [-0.25, -0.2) is 15.1 Å². The first-order valence-electron chi connectivity index (χ1n) is 12.5. The lowest BCUT2D eigenvalue weighted by atomic mass is 10.0. The van der Waals surface area contributed by atoms with Gasteiger partial charge >= 0.3 is 5.91 Å². The van der Waals surface area contributed by atoms with Gasteiger partial charge in [-0.05, 0) is 42.5 Å². The van der Waals surface area contributed by atoms with E-state index in [9.17, 15) is 14.4 Å². The minimum Gasteiger partial charge on any atom is -0.341 e. The molecule has 2 N–H and O–H groups in total. The molecule has 0 bridgehead atoms. The summed E-state index contributed by atoms with van der Waals surface area (Å²) in [7, 11) is 0. The van der Waals surface area contributed by atoms with E-state index < -0.39 is 23.6 Å². The number of benzene rings is 2. The van der Waals surface area contributed by atoms with Gasteiger partial charge in [0.1, 0.15) is 6.04 Å². The highest BCUT2D eigenvalue weighted by Crippen LogP contribution is 2.28. The fraction of sp³-hybridized carbons (Fsp3) is 0.207. The second-order valence-corrected chi connectivity index (χ2v) is 9.15. The van der Waals surface area contributed by atoms with Gasteiger partial charge in [0.2, 0.25) is 5.78 Å². The van der Waals surface area contributed by atoms with Gasteiger partial charge in [-0.3, -0.25) is 19.2 Å². The van der Waals surface area contributed by atoms with Gasteiger partial charge in [-0.2, -0.15) is 5.10 Å². The van der Waals surface area contributed by atoms with Crippen molar-refractivity contribution in [1.82, 2.24) is 25.6 Å². The van der Waals surface area contributed by atoms with E-state index in [1.54, 1.807) is 24.5 Å². The standard InChI is InChI=1S/C29H27N5O4/c35-26(29(37)33-38-19-21-13-14-21)25(18-20-8-3-1-4-9-20)31-28(36)23-12-7-16-30-27(23)34-17-15-24(32-34)22-10-5-2-6-11-22/h1-12,15-17,21,25H,13-14,18-19H2,(H,31,36)(H,33,37)/t25-/m1/s1. The van der Waals surface area contributed by atoms with Gasteiger partial charge in [-0.15, -0.1) is 0 Å². The van der Waals surface area contributed by atoms with Crippen molar-refractivity contribution >= 4 is 17.6 Å². The highest BCUT2D eigenvalue weighted by atomic mass is 16.7. The lowest BCUT2D eigenvalue weighted by molar-refractivity contribution is -0.147. The summed E-state index contributed by atoms with van der Waals surface area (Å²) in [6.45, 7) is 0.364. The molecule has 192 valence electrons. The van der Waals surface area contributed by atoms with Crippen LogP contribution < -0.4 is 10.8 Å². The van der Waals surface area contributed by atoms with Crippen molar-refractivity contribution in [3.63, 3.8) is 0 Å². The Hall–Kier alpha value is -4.63. The molecular weight excluding hydrogens is 482 g/mol. The third-order valence-electron chi connectivity index (χ3n) is 6.22. The molecule has 1 saturated carbocycles. The molecule has 38 heavy (non-hydrogen) atoms. The zero-order chi connectivity index (χ0) is 26.3.